The zero-order valence-corrected chi connectivity index (χ0v) is 20.8. The van der Waals surface area contributed by atoms with E-state index in [-0.39, 0.29) is 0 Å². The van der Waals surface area contributed by atoms with Crippen LogP contribution in [0.3, 0.4) is 0 Å². The molecule has 0 radical (unpaired) electrons. The number of ether oxygens (including phenoxy) is 2. The van der Waals surface area contributed by atoms with Gasteiger partial charge in [0.25, 0.3) is 0 Å². The van der Waals surface area contributed by atoms with Crippen molar-refractivity contribution in [3.8, 4) is 0 Å². The van der Waals surface area contributed by atoms with Crippen molar-refractivity contribution in [2.24, 2.45) is 35.5 Å². The molecular weight excluding hydrogens is 406 g/mol. The molecule has 3 heteroatoms. The van der Waals surface area contributed by atoms with Gasteiger partial charge in [-0.15, -0.1) is 0 Å². The van der Waals surface area contributed by atoms with Gasteiger partial charge < -0.3 is 9.47 Å². The van der Waals surface area contributed by atoms with Crippen LogP contribution in [0.25, 0.3) is 0 Å². The predicted molar refractivity (Wildman–Crippen MR) is 130 cm³/mol. The van der Waals surface area contributed by atoms with Gasteiger partial charge in [0.2, 0.25) is 0 Å². The molecule has 0 spiro atoms. The molecule has 8 rings (SSSR count). The molecule has 0 aromatic carbocycles. The Morgan fingerprint density at radius 1 is 0.394 bits per heavy atom. The second-order valence-corrected chi connectivity index (χ2v) is 13.7. The maximum atomic E-state index is 7.40. The van der Waals surface area contributed by atoms with Gasteiger partial charge in [-0.05, 0) is 93.8 Å². The van der Waals surface area contributed by atoms with Crippen molar-refractivity contribution in [2.75, 3.05) is 0 Å². The Kier molecular flexibility index (Phi) is 5.22. The number of nitrogens with zero attached hydrogens (tertiary/aromatic N) is 1. The maximum Gasteiger partial charge on any atom is 0.0766 e. The summed E-state index contributed by atoms with van der Waals surface area (Å²) in [5, 5.41) is 0. The summed E-state index contributed by atoms with van der Waals surface area (Å²) in [6, 6.07) is 2.52. The third-order valence-corrected chi connectivity index (χ3v) is 12.6. The van der Waals surface area contributed by atoms with E-state index in [1.54, 1.807) is 0 Å². The Bertz CT molecular complexity index is 719. The van der Waals surface area contributed by atoms with Gasteiger partial charge in [-0.25, -0.2) is 0 Å². The largest absolute Gasteiger partial charge is 0.374 e. The number of rotatable bonds is 1. The molecule has 184 valence electrons. The molecule has 33 heavy (non-hydrogen) atoms. The highest BCUT2D eigenvalue weighted by atomic mass is 16.5. The first-order valence-corrected chi connectivity index (χ1v) is 15.5. The Labute approximate surface area is 201 Å². The van der Waals surface area contributed by atoms with E-state index >= 15 is 0 Å². The lowest BCUT2D eigenvalue weighted by atomic mass is 9.64. The normalized spacial score (nSPS) is 58.0. The number of hydrogen-bond acceptors (Lipinski definition) is 3. The van der Waals surface area contributed by atoms with E-state index in [1.807, 2.05) is 0 Å². The standard InChI is InChI=1S/C30H47NO2/c1-4-12-23-18(8-1)19-9-2-5-13-24(19)31(23)25-14-7-11-20-21-16-17-27-28(30(21)33-29(20)25)22-10-3-6-15-26(22)32-27/h18-30H,1-17H2. The molecule has 13 atom stereocenters. The average molecular weight is 454 g/mol. The minimum Gasteiger partial charge on any atom is -0.374 e. The predicted octanol–water partition coefficient (Wildman–Crippen LogP) is 6.34. The first-order chi connectivity index (χ1) is 16.4. The van der Waals surface area contributed by atoms with E-state index < -0.39 is 0 Å². The second-order valence-electron chi connectivity index (χ2n) is 13.7. The van der Waals surface area contributed by atoms with Gasteiger partial charge in [-0.1, -0.05) is 44.9 Å². The van der Waals surface area contributed by atoms with Crippen LogP contribution in [0.1, 0.15) is 109 Å². The Balaban J connectivity index is 1.10. The smallest absolute Gasteiger partial charge is 0.0766 e. The molecule has 5 saturated carbocycles. The van der Waals surface area contributed by atoms with Crippen LogP contribution in [-0.4, -0.2) is 47.4 Å². The van der Waals surface area contributed by atoms with Crippen molar-refractivity contribution >= 4 is 0 Å². The molecule has 8 aliphatic rings. The Morgan fingerprint density at radius 2 is 1.00 bits per heavy atom. The van der Waals surface area contributed by atoms with Crippen LogP contribution in [0, 0.1) is 35.5 Å². The Morgan fingerprint density at radius 3 is 1.79 bits per heavy atom. The van der Waals surface area contributed by atoms with Crippen LogP contribution in [-0.2, 0) is 9.47 Å². The molecule has 3 heterocycles. The lowest BCUT2D eigenvalue weighted by molar-refractivity contribution is -0.0935. The molecule has 0 amide bonds. The number of fused-ring (bicyclic) bond motifs is 10. The van der Waals surface area contributed by atoms with Gasteiger partial charge in [-0.2, -0.15) is 0 Å². The first kappa shape index (κ1) is 21.0. The molecule has 13 unspecified atom stereocenters. The summed E-state index contributed by atoms with van der Waals surface area (Å²) >= 11 is 0. The van der Waals surface area contributed by atoms with Crippen LogP contribution in [0.2, 0.25) is 0 Å². The molecule has 0 N–H and O–H groups in total. The van der Waals surface area contributed by atoms with Crippen molar-refractivity contribution in [3.63, 3.8) is 0 Å². The van der Waals surface area contributed by atoms with Gasteiger partial charge in [-0.3, -0.25) is 4.90 Å². The Hall–Kier alpha value is -0.120. The fourth-order valence-electron chi connectivity index (χ4n) is 11.6. The van der Waals surface area contributed by atoms with Crippen LogP contribution in [0.15, 0.2) is 0 Å². The molecule has 3 saturated heterocycles. The number of hydrogen-bond donors (Lipinski definition) is 0. The number of likely N-dealkylation sites (tertiary alicyclic amines) is 1. The van der Waals surface area contributed by atoms with Crippen LogP contribution >= 0.6 is 0 Å². The van der Waals surface area contributed by atoms with Crippen molar-refractivity contribution in [3.05, 3.63) is 0 Å². The third kappa shape index (κ3) is 3.10. The summed E-state index contributed by atoms with van der Waals surface area (Å²) in [5.74, 6) is 5.26. The summed E-state index contributed by atoms with van der Waals surface area (Å²) in [6.07, 6.45) is 26.8. The van der Waals surface area contributed by atoms with E-state index in [2.05, 4.69) is 4.90 Å². The van der Waals surface area contributed by atoms with Crippen LogP contribution in [0.5, 0.6) is 0 Å². The van der Waals surface area contributed by atoms with Gasteiger partial charge in [0.05, 0.1) is 24.4 Å². The molecule has 3 nitrogen and oxygen atoms in total. The summed E-state index contributed by atoms with van der Waals surface area (Å²) in [6.45, 7) is 0. The highest BCUT2D eigenvalue weighted by molar-refractivity contribution is 5.12. The van der Waals surface area contributed by atoms with E-state index in [0.29, 0.717) is 24.4 Å². The fraction of sp³-hybridized carbons (Fsp3) is 1.00. The molecule has 5 aliphatic carbocycles. The van der Waals surface area contributed by atoms with Crippen molar-refractivity contribution in [1.82, 2.24) is 4.90 Å². The van der Waals surface area contributed by atoms with Gasteiger partial charge in [0.15, 0.2) is 0 Å². The molecule has 0 aromatic rings. The zero-order valence-electron chi connectivity index (χ0n) is 20.8. The SMILES string of the molecule is C1CCC2C(C1)OC1CCC3C4CCCC(N5C6CCCCC6C6CCCCC65)C4OC3C12. The maximum absolute atomic E-state index is 7.40. The van der Waals surface area contributed by atoms with Crippen LogP contribution in [0.4, 0.5) is 0 Å². The van der Waals surface area contributed by atoms with E-state index in [0.717, 1.165) is 53.6 Å². The fourth-order valence-corrected chi connectivity index (χ4v) is 11.6. The zero-order chi connectivity index (χ0) is 21.5. The first-order valence-electron chi connectivity index (χ1n) is 15.5. The highest BCUT2D eigenvalue weighted by Gasteiger charge is 2.62. The van der Waals surface area contributed by atoms with E-state index in [1.165, 1.54) is 109 Å². The topological polar surface area (TPSA) is 21.7 Å². The minimum absolute atomic E-state index is 0.523. The summed E-state index contributed by atoms with van der Waals surface area (Å²) in [5.41, 5.74) is 0. The highest BCUT2D eigenvalue weighted by Crippen LogP contribution is 2.58. The second kappa shape index (κ2) is 8.20. The van der Waals surface area contributed by atoms with Crippen molar-refractivity contribution in [2.45, 2.75) is 152 Å². The molecule has 3 aliphatic heterocycles. The van der Waals surface area contributed by atoms with Crippen molar-refractivity contribution < 1.29 is 9.47 Å². The summed E-state index contributed by atoms with van der Waals surface area (Å²) in [4.78, 5) is 3.19. The van der Waals surface area contributed by atoms with Crippen LogP contribution < -0.4 is 0 Å². The molecule has 0 bridgehead atoms. The van der Waals surface area contributed by atoms with Gasteiger partial charge in [0, 0.05) is 24.0 Å². The lowest BCUT2D eigenvalue weighted by Gasteiger charge is -2.46. The third-order valence-electron chi connectivity index (χ3n) is 12.6. The molecular formula is C30H47NO2. The lowest BCUT2D eigenvalue weighted by Crippen LogP contribution is -2.54. The van der Waals surface area contributed by atoms with E-state index in [9.17, 15) is 0 Å². The van der Waals surface area contributed by atoms with E-state index in [4.69, 9.17) is 9.47 Å². The van der Waals surface area contributed by atoms with Crippen molar-refractivity contribution in [1.29, 1.82) is 0 Å². The quantitative estimate of drug-likeness (QED) is 0.462. The summed E-state index contributed by atoms with van der Waals surface area (Å²) in [7, 11) is 0. The van der Waals surface area contributed by atoms with Gasteiger partial charge >= 0.3 is 0 Å². The molecule has 0 aromatic heterocycles. The van der Waals surface area contributed by atoms with Gasteiger partial charge in [0.1, 0.15) is 0 Å². The minimum atomic E-state index is 0.523. The average Bonchev–Trinajstić information content (AvgIpc) is 3.53. The monoisotopic (exact) mass is 453 g/mol. The summed E-state index contributed by atoms with van der Waals surface area (Å²) < 4.78 is 14.1. The molecule has 8 fully saturated rings.